The number of halogens is 1. The molecule has 0 radical (unpaired) electrons. The summed E-state index contributed by atoms with van der Waals surface area (Å²) in [4.78, 5) is 33.2. The summed E-state index contributed by atoms with van der Waals surface area (Å²) in [6.45, 7) is 2.45. The number of benzene rings is 1. The van der Waals surface area contributed by atoms with Gasteiger partial charge < -0.3 is 14.3 Å². The zero-order valence-corrected chi connectivity index (χ0v) is 19.2. The van der Waals surface area contributed by atoms with Gasteiger partial charge in [0, 0.05) is 51.0 Å². The first-order valence-electron chi connectivity index (χ1n) is 12.2. The van der Waals surface area contributed by atoms with Crippen LogP contribution in [0.4, 0.5) is 4.39 Å². The maximum Gasteiger partial charge on any atom is 0.226 e. The molecule has 1 aromatic heterocycles. The Bertz CT molecular complexity index is 916. The molecule has 178 valence electrons. The van der Waals surface area contributed by atoms with E-state index < -0.39 is 0 Å². The first-order valence-corrected chi connectivity index (χ1v) is 12.2. The molecule has 1 saturated heterocycles. The highest BCUT2D eigenvalue weighted by atomic mass is 19.1. The van der Waals surface area contributed by atoms with Crippen molar-refractivity contribution in [1.29, 1.82) is 0 Å². The largest absolute Gasteiger partial charge is 0.339 e. The lowest BCUT2D eigenvalue weighted by molar-refractivity contribution is -0.139. The molecule has 1 saturated carbocycles. The van der Waals surface area contributed by atoms with Crippen LogP contribution in [0.3, 0.4) is 0 Å². The van der Waals surface area contributed by atoms with Crippen LogP contribution < -0.4 is 0 Å². The number of nitrogens with zero attached hydrogens (tertiary/aromatic N) is 4. The fourth-order valence-corrected chi connectivity index (χ4v) is 4.79. The van der Waals surface area contributed by atoms with Crippen molar-refractivity contribution < 1.29 is 18.5 Å². The average molecular weight is 457 g/mol. The van der Waals surface area contributed by atoms with Crippen LogP contribution in [0.2, 0.25) is 0 Å². The summed E-state index contributed by atoms with van der Waals surface area (Å²) in [5.74, 6) is 1.63. The zero-order chi connectivity index (χ0) is 23.0. The number of amides is 2. The fraction of sp³-hybridized carbons (Fsp3) is 0.600. The molecule has 4 rings (SSSR count). The Morgan fingerprint density at radius 2 is 1.58 bits per heavy atom. The van der Waals surface area contributed by atoms with E-state index in [1.807, 2.05) is 9.80 Å². The molecule has 2 fully saturated rings. The lowest BCUT2D eigenvalue weighted by Gasteiger charge is -2.35. The summed E-state index contributed by atoms with van der Waals surface area (Å²) < 4.78 is 18.3. The summed E-state index contributed by atoms with van der Waals surface area (Å²) in [5, 5.41) is 3.93. The van der Waals surface area contributed by atoms with Crippen molar-refractivity contribution >= 4 is 11.8 Å². The minimum atomic E-state index is -0.314. The second kappa shape index (κ2) is 11.4. The van der Waals surface area contributed by atoms with Crippen LogP contribution >= 0.6 is 0 Å². The maximum atomic E-state index is 13.0. The standard InChI is InChI=1S/C25H33FN4O3/c26-21-12-10-20(11-13-21)25-27-22(33-28-25)7-4-8-23(31)29-15-17-30(18-16-29)24(32)14-9-19-5-2-1-3-6-19/h10-13,19H,1-9,14-18H2. The van der Waals surface area contributed by atoms with Gasteiger partial charge in [0.15, 0.2) is 0 Å². The SMILES string of the molecule is O=C(CCCc1nc(-c2ccc(F)cc2)no1)N1CCN(C(=O)CCC2CCCCC2)CC1. The number of hydrogen-bond donors (Lipinski definition) is 0. The number of aryl methyl sites for hydroxylation is 1. The average Bonchev–Trinajstić information content (AvgIpc) is 3.32. The smallest absolute Gasteiger partial charge is 0.226 e. The van der Waals surface area contributed by atoms with Crippen molar-refractivity contribution in [3.05, 3.63) is 36.0 Å². The number of piperazine rings is 1. The normalized spacial score (nSPS) is 17.4. The maximum absolute atomic E-state index is 13.0. The second-order valence-corrected chi connectivity index (χ2v) is 9.18. The van der Waals surface area contributed by atoms with Gasteiger partial charge in [0.25, 0.3) is 0 Å². The van der Waals surface area contributed by atoms with Gasteiger partial charge in [0.1, 0.15) is 5.82 Å². The highest BCUT2D eigenvalue weighted by molar-refractivity contribution is 5.78. The van der Waals surface area contributed by atoms with E-state index >= 15 is 0 Å². The van der Waals surface area contributed by atoms with Crippen molar-refractivity contribution in [3.63, 3.8) is 0 Å². The van der Waals surface area contributed by atoms with Crippen LogP contribution in [0.15, 0.2) is 28.8 Å². The van der Waals surface area contributed by atoms with Gasteiger partial charge in [-0.25, -0.2) is 4.39 Å². The van der Waals surface area contributed by atoms with Crippen LogP contribution in [-0.4, -0.2) is 57.9 Å². The summed E-state index contributed by atoms with van der Waals surface area (Å²) in [6, 6.07) is 5.92. The highest BCUT2D eigenvalue weighted by Gasteiger charge is 2.24. The van der Waals surface area contributed by atoms with Crippen molar-refractivity contribution in [2.75, 3.05) is 26.2 Å². The first kappa shape index (κ1) is 23.4. The minimum Gasteiger partial charge on any atom is -0.339 e. The Morgan fingerprint density at radius 1 is 0.939 bits per heavy atom. The van der Waals surface area contributed by atoms with Gasteiger partial charge in [-0.15, -0.1) is 0 Å². The molecule has 0 N–H and O–H groups in total. The Labute approximate surface area is 194 Å². The predicted molar refractivity (Wildman–Crippen MR) is 122 cm³/mol. The number of carbonyl (C=O) groups excluding carboxylic acids is 2. The van der Waals surface area contributed by atoms with Crippen LogP contribution in [0, 0.1) is 11.7 Å². The van der Waals surface area contributed by atoms with E-state index in [-0.39, 0.29) is 17.6 Å². The lowest BCUT2D eigenvalue weighted by Crippen LogP contribution is -2.50. The molecule has 2 amide bonds. The third kappa shape index (κ3) is 6.62. The Morgan fingerprint density at radius 3 is 2.24 bits per heavy atom. The predicted octanol–water partition coefficient (Wildman–Crippen LogP) is 4.23. The molecule has 0 spiro atoms. The van der Waals surface area contributed by atoms with Crippen molar-refractivity contribution in [2.24, 2.45) is 5.92 Å². The van der Waals surface area contributed by atoms with Crippen molar-refractivity contribution in [3.8, 4) is 11.4 Å². The third-order valence-electron chi connectivity index (χ3n) is 6.83. The Hall–Kier alpha value is -2.77. The number of hydrogen-bond acceptors (Lipinski definition) is 5. The van der Waals surface area contributed by atoms with Crippen LogP contribution in [0.5, 0.6) is 0 Å². The summed E-state index contributed by atoms with van der Waals surface area (Å²) in [5.41, 5.74) is 0.689. The van der Waals surface area contributed by atoms with E-state index in [1.165, 1.54) is 44.2 Å². The van der Waals surface area contributed by atoms with Crippen LogP contribution in [-0.2, 0) is 16.0 Å². The van der Waals surface area contributed by atoms with Gasteiger partial charge in [0.2, 0.25) is 23.5 Å². The Balaban J connectivity index is 1.14. The molecular weight excluding hydrogens is 423 g/mol. The van der Waals surface area contributed by atoms with Crippen LogP contribution in [0.25, 0.3) is 11.4 Å². The van der Waals surface area contributed by atoms with Crippen LogP contribution in [0.1, 0.15) is 63.7 Å². The molecule has 33 heavy (non-hydrogen) atoms. The quantitative estimate of drug-likeness (QED) is 0.594. The van der Waals surface area contributed by atoms with E-state index in [4.69, 9.17) is 4.52 Å². The van der Waals surface area contributed by atoms with E-state index in [2.05, 4.69) is 10.1 Å². The van der Waals surface area contributed by atoms with E-state index in [0.717, 1.165) is 12.3 Å². The first-order chi connectivity index (χ1) is 16.1. The number of carbonyl (C=O) groups is 2. The third-order valence-corrected chi connectivity index (χ3v) is 6.83. The van der Waals surface area contributed by atoms with Crippen molar-refractivity contribution in [2.45, 2.75) is 64.2 Å². The molecule has 1 aromatic carbocycles. The molecule has 2 aromatic rings. The monoisotopic (exact) mass is 456 g/mol. The van der Waals surface area contributed by atoms with Gasteiger partial charge in [-0.2, -0.15) is 4.98 Å². The molecule has 8 heteroatoms. The van der Waals surface area contributed by atoms with E-state index in [0.29, 0.717) is 69.1 Å². The molecule has 1 aliphatic carbocycles. The zero-order valence-electron chi connectivity index (χ0n) is 19.2. The molecule has 0 unspecified atom stereocenters. The van der Waals surface area contributed by atoms with Gasteiger partial charge in [0.05, 0.1) is 0 Å². The van der Waals surface area contributed by atoms with E-state index in [1.54, 1.807) is 12.1 Å². The van der Waals surface area contributed by atoms with Gasteiger partial charge in [-0.05, 0) is 43.0 Å². The minimum absolute atomic E-state index is 0.0996. The number of aromatic nitrogens is 2. The lowest BCUT2D eigenvalue weighted by atomic mass is 9.86. The topological polar surface area (TPSA) is 79.5 Å². The number of rotatable bonds is 8. The van der Waals surface area contributed by atoms with Gasteiger partial charge >= 0.3 is 0 Å². The second-order valence-electron chi connectivity index (χ2n) is 9.18. The van der Waals surface area contributed by atoms with Gasteiger partial charge in [-0.3, -0.25) is 9.59 Å². The molecule has 7 nitrogen and oxygen atoms in total. The summed E-state index contributed by atoms with van der Waals surface area (Å²) in [7, 11) is 0. The molecule has 2 heterocycles. The molecular formula is C25H33FN4O3. The molecule has 0 bridgehead atoms. The Kier molecular flexibility index (Phi) is 8.07. The molecule has 1 aliphatic heterocycles. The van der Waals surface area contributed by atoms with Gasteiger partial charge in [-0.1, -0.05) is 37.3 Å². The highest BCUT2D eigenvalue weighted by Crippen LogP contribution is 2.27. The molecule has 2 aliphatic rings. The fourth-order valence-electron chi connectivity index (χ4n) is 4.79. The summed E-state index contributed by atoms with van der Waals surface area (Å²) >= 11 is 0. The molecule has 0 atom stereocenters. The van der Waals surface area contributed by atoms with E-state index in [9.17, 15) is 14.0 Å². The summed E-state index contributed by atoms with van der Waals surface area (Å²) in [6.07, 6.45) is 9.68. The van der Waals surface area contributed by atoms with Crippen molar-refractivity contribution in [1.82, 2.24) is 19.9 Å².